The highest BCUT2D eigenvalue weighted by Crippen LogP contribution is 2.25. The second kappa shape index (κ2) is 5.80. The van der Waals surface area contributed by atoms with E-state index in [1.807, 2.05) is 6.07 Å². The average Bonchev–Trinajstić information content (AvgIpc) is 3.08. The molecule has 0 spiro atoms. The van der Waals surface area contributed by atoms with Gasteiger partial charge in [-0.3, -0.25) is 10.1 Å². The van der Waals surface area contributed by atoms with E-state index in [0.717, 1.165) is 5.56 Å². The number of amides is 1. The van der Waals surface area contributed by atoms with E-state index in [1.165, 1.54) is 6.33 Å². The van der Waals surface area contributed by atoms with Crippen molar-refractivity contribution in [1.29, 1.82) is 0 Å². The summed E-state index contributed by atoms with van der Waals surface area (Å²) in [5, 5.41) is 9.20. The van der Waals surface area contributed by atoms with Crippen molar-refractivity contribution in [1.82, 2.24) is 20.1 Å². The van der Waals surface area contributed by atoms with E-state index < -0.39 is 30.8 Å². The lowest BCUT2D eigenvalue weighted by molar-refractivity contribution is -0.118. The Bertz CT molecular complexity index is 659. The van der Waals surface area contributed by atoms with E-state index in [0.29, 0.717) is 12.2 Å². The summed E-state index contributed by atoms with van der Waals surface area (Å²) in [5.74, 6) is -3.27. The van der Waals surface area contributed by atoms with Crippen molar-refractivity contribution >= 4 is 11.6 Å². The van der Waals surface area contributed by atoms with E-state index in [1.54, 1.807) is 29.2 Å². The molecule has 6 nitrogen and oxygen atoms in total. The van der Waals surface area contributed by atoms with E-state index in [2.05, 4.69) is 20.7 Å². The molecule has 1 unspecified atom stereocenters. The number of nitrogens with zero attached hydrogens (tertiary/aromatic N) is 3. The number of hydrogen-bond donors (Lipinski definition) is 2. The Morgan fingerprint density at radius 1 is 1.50 bits per heavy atom. The lowest BCUT2D eigenvalue weighted by Gasteiger charge is -2.12. The van der Waals surface area contributed by atoms with Crippen LogP contribution in [0, 0.1) is 0 Å². The molecule has 0 radical (unpaired) electrons. The first-order valence-electron chi connectivity index (χ1n) is 6.85. The van der Waals surface area contributed by atoms with Crippen LogP contribution >= 0.6 is 0 Å². The summed E-state index contributed by atoms with van der Waals surface area (Å²) in [4.78, 5) is 15.9. The number of hydrogen-bond acceptors (Lipinski definition) is 4. The largest absolute Gasteiger partial charge is 0.325 e. The van der Waals surface area contributed by atoms with E-state index >= 15 is 0 Å². The van der Waals surface area contributed by atoms with Crippen LogP contribution in [0.25, 0.3) is 0 Å². The molecule has 22 heavy (non-hydrogen) atoms. The van der Waals surface area contributed by atoms with E-state index in [4.69, 9.17) is 0 Å². The van der Waals surface area contributed by atoms with Gasteiger partial charge in [-0.15, -0.1) is 0 Å². The minimum atomic E-state index is -2.82. The molecule has 1 aliphatic rings. The predicted molar refractivity (Wildman–Crippen MR) is 75.6 cm³/mol. The quantitative estimate of drug-likeness (QED) is 0.892. The lowest BCUT2D eigenvalue weighted by atomic mass is 10.1. The second-order valence-corrected chi connectivity index (χ2v) is 5.28. The molecule has 0 saturated carbocycles. The van der Waals surface area contributed by atoms with Crippen molar-refractivity contribution < 1.29 is 13.6 Å². The standard InChI is InChI=1S/C14H15F2N5O/c15-14(16)5-12(18-7-14)13(22)20-11-3-1-2-10(4-11)6-21-9-17-8-19-21/h1-4,8-9,12,18H,5-7H2,(H,20,22). The highest BCUT2D eigenvalue weighted by atomic mass is 19.3. The summed E-state index contributed by atoms with van der Waals surface area (Å²) in [6, 6.07) is 6.31. The molecule has 1 atom stereocenters. The van der Waals surface area contributed by atoms with Gasteiger partial charge in [0.25, 0.3) is 5.92 Å². The summed E-state index contributed by atoms with van der Waals surface area (Å²) < 4.78 is 27.9. The number of halogens is 2. The maximum absolute atomic E-state index is 13.1. The van der Waals surface area contributed by atoms with Gasteiger partial charge in [0, 0.05) is 12.1 Å². The normalized spacial score (nSPS) is 20.0. The van der Waals surface area contributed by atoms with Gasteiger partial charge in [-0.1, -0.05) is 12.1 Å². The number of nitrogens with one attached hydrogen (secondary N) is 2. The smallest absolute Gasteiger partial charge is 0.262 e. The Hall–Kier alpha value is -2.35. The number of aromatic nitrogens is 3. The van der Waals surface area contributed by atoms with Crippen molar-refractivity contribution in [3.05, 3.63) is 42.5 Å². The van der Waals surface area contributed by atoms with Crippen LogP contribution < -0.4 is 10.6 Å². The van der Waals surface area contributed by atoms with Gasteiger partial charge in [0.05, 0.1) is 19.1 Å². The zero-order valence-corrected chi connectivity index (χ0v) is 11.7. The fourth-order valence-corrected chi connectivity index (χ4v) is 2.38. The number of carbonyl (C=O) groups excluding carboxylic acids is 1. The van der Waals surface area contributed by atoms with Gasteiger partial charge in [0.15, 0.2) is 0 Å². The Balaban J connectivity index is 1.64. The van der Waals surface area contributed by atoms with Crippen molar-refractivity contribution in [3.63, 3.8) is 0 Å². The number of carbonyl (C=O) groups is 1. The van der Waals surface area contributed by atoms with Crippen molar-refractivity contribution in [2.45, 2.75) is 24.9 Å². The van der Waals surface area contributed by atoms with Crippen LogP contribution in [0.1, 0.15) is 12.0 Å². The maximum atomic E-state index is 13.1. The molecule has 116 valence electrons. The monoisotopic (exact) mass is 307 g/mol. The Morgan fingerprint density at radius 2 is 2.36 bits per heavy atom. The maximum Gasteiger partial charge on any atom is 0.262 e. The molecule has 2 heterocycles. The lowest BCUT2D eigenvalue weighted by Crippen LogP contribution is -2.35. The molecular weight excluding hydrogens is 292 g/mol. The van der Waals surface area contributed by atoms with Gasteiger partial charge in [-0.25, -0.2) is 18.4 Å². The van der Waals surface area contributed by atoms with Crippen LogP contribution in [0.3, 0.4) is 0 Å². The van der Waals surface area contributed by atoms with Gasteiger partial charge < -0.3 is 5.32 Å². The first-order chi connectivity index (χ1) is 10.5. The first-order valence-corrected chi connectivity index (χ1v) is 6.85. The van der Waals surface area contributed by atoms with Gasteiger partial charge in [-0.05, 0) is 17.7 Å². The molecule has 2 N–H and O–H groups in total. The number of rotatable bonds is 4. The minimum Gasteiger partial charge on any atom is -0.325 e. The van der Waals surface area contributed by atoms with Crippen molar-refractivity contribution in [2.24, 2.45) is 0 Å². The molecule has 1 aromatic heterocycles. The third-order valence-corrected chi connectivity index (χ3v) is 3.43. The zero-order chi connectivity index (χ0) is 15.6. The fraction of sp³-hybridized carbons (Fsp3) is 0.357. The van der Waals surface area contributed by atoms with Gasteiger partial charge >= 0.3 is 0 Å². The summed E-state index contributed by atoms with van der Waals surface area (Å²) in [7, 11) is 0. The molecule has 0 bridgehead atoms. The van der Waals surface area contributed by atoms with Crippen LogP contribution in [0.4, 0.5) is 14.5 Å². The molecule has 1 fully saturated rings. The van der Waals surface area contributed by atoms with Crippen molar-refractivity contribution in [3.8, 4) is 0 Å². The Morgan fingerprint density at radius 3 is 3.05 bits per heavy atom. The summed E-state index contributed by atoms with van der Waals surface area (Å²) in [5.41, 5.74) is 1.49. The highest BCUT2D eigenvalue weighted by molar-refractivity contribution is 5.95. The van der Waals surface area contributed by atoms with Crippen LogP contribution in [0.15, 0.2) is 36.9 Å². The molecule has 0 aliphatic carbocycles. The van der Waals surface area contributed by atoms with Crippen LogP contribution in [-0.2, 0) is 11.3 Å². The van der Waals surface area contributed by atoms with Crippen molar-refractivity contribution in [2.75, 3.05) is 11.9 Å². The second-order valence-electron chi connectivity index (χ2n) is 5.28. The summed E-state index contributed by atoms with van der Waals surface area (Å²) in [6.07, 6.45) is 2.56. The molecule has 1 amide bonds. The summed E-state index contributed by atoms with van der Waals surface area (Å²) in [6.45, 7) is 0.0564. The first kappa shape index (κ1) is 14.6. The molecule has 1 aliphatic heterocycles. The zero-order valence-electron chi connectivity index (χ0n) is 11.7. The number of anilines is 1. The third kappa shape index (κ3) is 3.45. The molecule has 8 heteroatoms. The van der Waals surface area contributed by atoms with Crippen LogP contribution in [0.5, 0.6) is 0 Å². The van der Waals surface area contributed by atoms with E-state index in [-0.39, 0.29) is 0 Å². The number of benzene rings is 1. The molecule has 1 aromatic carbocycles. The molecule has 1 saturated heterocycles. The predicted octanol–water partition coefficient (Wildman–Crippen LogP) is 1.26. The topological polar surface area (TPSA) is 71.8 Å². The molecule has 3 rings (SSSR count). The Labute approximate surface area is 125 Å². The SMILES string of the molecule is O=C(Nc1cccc(Cn2cncn2)c1)C1CC(F)(F)CN1. The van der Waals surface area contributed by atoms with Crippen LogP contribution in [-0.4, -0.2) is 39.2 Å². The van der Waals surface area contributed by atoms with Crippen LogP contribution in [0.2, 0.25) is 0 Å². The Kier molecular flexibility index (Phi) is 3.84. The van der Waals surface area contributed by atoms with E-state index in [9.17, 15) is 13.6 Å². The van der Waals surface area contributed by atoms with Gasteiger partial charge in [-0.2, -0.15) is 5.10 Å². The third-order valence-electron chi connectivity index (χ3n) is 3.43. The molecular formula is C14H15F2N5O. The number of alkyl halides is 2. The van der Waals surface area contributed by atoms with Gasteiger partial charge in [0.1, 0.15) is 12.7 Å². The molecule has 2 aromatic rings. The van der Waals surface area contributed by atoms with Gasteiger partial charge in [0.2, 0.25) is 5.91 Å². The minimum absolute atomic E-state index is 0.449. The fourth-order valence-electron chi connectivity index (χ4n) is 2.38. The average molecular weight is 307 g/mol. The summed E-state index contributed by atoms with van der Waals surface area (Å²) >= 11 is 0. The highest BCUT2D eigenvalue weighted by Gasteiger charge is 2.42.